The molecule has 1 saturated heterocycles. The zero-order valence-corrected chi connectivity index (χ0v) is 14.6. The number of carbonyl (C=O) groups is 1. The Labute approximate surface area is 152 Å². The number of aromatic amines is 1. The number of ether oxygens (including phenoxy) is 1. The Hall–Kier alpha value is -2.80. The van der Waals surface area contributed by atoms with Crippen molar-refractivity contribution in [2.45, 2.75) is 13.0 Å². The van der Waals surface area contributed by atoms with E-state index in [1.807, 2.05) is 17.0 Å². The van der Waals surface area contributed by atoms with Gasteiger partial charge in [0.05, 0.1) is 29.3 Å². The number of fused-ring (bicyclic) bond motifs is 1. The fourth-order valence-corrected chi connectivity index (χ4v) is 3.30. The van der Waals surface area contributed by atoms with Gasteiger partial charge in [0.25, 0.3) is 0 Å². The molecule has 3 aromatic rings. The summed E-state index contributed by atoms with van der Waals surface area (Å²) in [7, 11) is 0. The van der Waals surface area contributed by atoms with Crippen LogP contribution in [-0.2, 0) is 9.53 Å². The summed E-state index contributed by atoms with van der Waals surface area (Å²) in [6.45, 7) is 2.63. The van der Waals surface area contributed by atoms with Crippen LogP contribution in [0.15, 0.2) is 41.2 Å². The molecule has 0 bridgehead atoms. The van der Waals surface area contributed by atoms with E-state index in [0.29, 0.717) is 24.3 Å². The summed E-state index contributed by atoms with van der Waals surface area (Å²) < 4.78 is 20.8. The summed E-state index contributed by atoms with van der Waals surface area (Å²) in [5, 5.41) is -0.0426. The molecule has 6 nitrogen and oxygen atoms in total. The number of hydrogen-bond acceptors (Lipinski definition) is 4. The maximum atomic E-state index is 14.4. The van der Waals surface area contributed by atoms with E-state index < -0.39 is 11.5 Å². The van der Waals surface area contributed by atoms with E-state index in [0.717, 1.165) is 5.69 Å². The van der Waals surface area contributed by atoms with Gasteiger partial charge in [0.15, 0.2) is 5.82 Å². The number of hydrogen-bond donors (Lipinski definition) is 1. The minimum absolute atomic E-state index is 0.0426. The lowest BCUT2D eigenvalue weighted by Crippen LogP contribution is -2.52. The first-order chi connectivity index (χ1) is 12.4. The highest BCUT2D eigenvalue weighted by atomic mass is 35.5. The Bertz CT molecular complexity index is 1050. The Morgan fingerprint density at radius 2 is 1.85 bits per heavy atom. The highest BCUT2D eigenvalue weighted by Crippen LogP contribution is 2.27. The van der Waals surface area contributed by atoms with Crippen molar-refractivity contribution >= 4 is 34.3 Å². The molecule has 2 heterocycles. The number of benzene rings is 2. The molecule has 0 radical (unpaired) electrons. The molecule has 134 valence electrons. The predicted molar refractivity (Wildman–Crippen MR) is 96.6 cm³/mol. The molecule has 1 N–H and O–H groups in total. The molecule has 0 aliphatic carbocycles. The molecular formula is C18H15ClFN3O3. The van der Waals surface area contributed by atoms with Gasteiger partial charge in [0.2, 0.25) is 0 Å². The third-order valence-corrected chi connectivity index (χ3v) is 4.68. The van der Waals surface area contributed by atoms with E-state index in [4.69, 9.17) is 16.3 Å². The van der Waals surface area contributed by atoms with Gasteiger partial charge in [-0.3, -0.25) is 9.36 Å². The third-order valence-electron chi connectivity index (χ3n) is 4.39. The second-order valence-electron chi connectivity index (χ2n) is 6.18. The second-order valence-corrected chi connectivity index (χ2v) is 6.58. The van der Waals surface area contributed by atoms with Gasteiger partial charge in [0.1, 0.15) is 11.6 Å². The number of carbonyl (C=O) groups excluding carboxylic acids is 1. The number of imidazole rings is 1. The molecule has 4 rings (SSSR count). The van der Waals surface area contributed by atoms with Gasteiger partial charge in [-0.1, -0.05) is 11.6 Å². The van der Waals surface area contributed by atoms with Gasteiger partial charge in [0, 0.05) is 12.6 Å². The summed E-state index contributed by atoms with van der Waals surface area (Å²) in [5.41, 5.74) is 1.53. The van der Waals surface area contributed by atoms with Gasteiger partial charge < -0.3 is 14.6 Å². The van der Waals surface area contributed by atoms with Gasteiger partial charge >= 0.3 is 11.7 Å². The lowest BCUT2D eigenvalue weighted by molar-refractivity contribution is -0.147. The van der Waals surface area contributed by atoms with Crippen LogP contribution >= 0.6 is 11.6 Å². The average molecular weight is 376 g/mol. The number of rotatable bonds is 3. The zero-order valence-electron chi connectivity index (χ0n) is 13.8. The van der Waals surface area contributed by atoms with E-state index in [1.54, 1.807) is 18.2 Å². The first-order valence-electron chi connectivity index (χ1n) is 8.05. The normalized spacial score (nSPS) is 14.5. The first-order valence-corrected chi connectivity index (χ1v) is 8.43. The molecule has 0 amide bonds. The molecule has 2 aromatic carbocycles. The number of nitrogens with one attached hydrogen (secondary N) is 1. The van der Waals surface area contributed by atoms with Crippen LogP contribution in [0, 0.1) is 5.82 Å². The summed E-state index contributed by atoms with van der Waals surface area (Å²) in [4.78, 5) is 27.9. The van der Waals surface area contributed by atoms with Crippen LogP contribution in [0.2, 0.25) is 5.02 Å². The number of nitrogens with zero attached hydrogens (tertiary/aromatic N) is 2. The van der Waals surface area contributed by atoms with Crippen LogP contribution in [0.4, 0.5) is 10.1 Å². The van der Waals surface area contributed by atoms with Crippen molar-refractivity contribution in [3.63, 3.8) is 0 Å². The fourth-order valence-electron chi connectivity index (χ4n) is 3.15. The molecule has 0 saturated carbocycles. The van der Waals surface area contributed by atoms with Crippen molar-refractivity contribution in [3.8, 4) is 5.69 Å². The number of anilines is 1. The summed E-state index contributed by atoms with van der Waals surface area (Å²) in [6.07, 6.45) is -0.0975. The summed E-state index contributed by atoms with van der Waals surface area (Å²) in [6, 6.07) is 10.1. The van der Waals surface area contributed by atoms with E-state index in [-0.39, 0.29) is 22.6 Å². The van der Waals surface area contributed by atoms with Crippen LogP contribution in [0.3, 0.4) is 0 Å². The van der Waals surface area contributed by atoms with Crippen LogP contribution in [0.5, 0.6) is 0 Å². The lowest BCUT2D eigenvalue weighted by Gasteiger charge is -2.40. The molecule has 1 aliphatic rings. The Morgan fingerprint density at radius 1 is 1.19 bits per heavy atom. The first kappa shape index (κ1) is 16.7. The highest BCUT2D eigenvalue weighted by molar-refractivity contribution is 6.31. The topological polar surface area (TPSA) is 67.3 Å². The second kappa shape index (κ2) is 6.17. The van der Waals surface area contributed by atoms with Gasteiger partial charge in [-0.25, -0.2) is 9.18 Å². The van der Waals surface area contributed by atoms with Crippen LogP contribution in [-0.4, -0.2) is 34.7 Å². The molecule has 8 heteroatoms. The van der Waals surface area contributed by atoms with Crippen molar-refractivity contribution in [1.29, 1.82) is 0 Å². The smallest absolute Gasteiger partial charge is 0.331 e. The van der Waals surface area contributed by atoms with Crippen LogP contribution < -0.4 is 10.6 Å². The molecule has 1 fully saturated rings. The summed E-state index contributed by atoms with van der Waals surface area (Å²) >= 11 is 5.85. The van der Waals surface area contributed by atoms with Crippen LogP contribution in [0.25, 0.3) is 16.7 Å². The van der Waals surface area contributed by atoms with Crippen molar-refractivity contribution in [3.05, 3.63) is 57.7 Å². The molecule has 0 unspecified atom stereocenters. The van der Waals surface area contributed by atoms with E-state index in [1.165, 1.54) is 17.6 Å². The van der Waals surface area contributed by atoms with Crippen molar-refractivity contribution in [2.24, 2.45) is 0 Å². The monoisotopic (exact) mass is 375 g/mol. The lowest BCUT2D eigenvalue weighted by atomic mass is 10.1. The number of halogens is 2. The fraction of sp³-hybridized carbons (Fsp3) is 0.222. The maximum absolute atomic E-state index is 14.4. The molecule has 0 atom stereocenters. The van der Waals surface area contributed by atoms with Crippen molar-refractivity contribution in [2.75, 3.05) is 18.0 Å². The molecular weight excluding hydrogens is 361 g/mol. The van der Waals surface area contributed by atoms with E-state index in [2.05, 4.69) is 4.98 Å². The average Bonchev–Trinajstić information content (AvgIpc) is 2.91. The van der Waals surface area contributed by atoms with Crippen molar-refractivity contribution < 1.29 is 13.9 Å². The van der Waals surface area contributed by atoms with Crippen molar-refractivity contribution in [1.82, 2.24) is 9.55 Å². The minimum Gasteiger partial charge on any atom is -0.459 e. The number of H-pyrrole nitrogens is 1. The molecule has 1 aliphatic heterocycles. The maximum Gasteiger partial charge on any atom is 0.331 e. The molecule has 1 aromatic heterocycles. The number of aromatic nitrogens is 2. The van der Waals surface area contributed by atoms with Gasteiger partial charge in [-0.2, -0.15) is 0 Å². The quantitative estimate of drug-likeness (QED) is 0.715. The minimum atomic E-state index is -0.640. The Balaban J connectivity index is 1.63. The SMILES string of the molecule is CC(=O)OC1CN(c2ccc(-n3c(=O)[nH]c4ccc(Cl)c(F)c43)cc2)C1. The number of esters is 1. The van der Waals surface area contributed by atoms with Gasteiger partial charge in [-0.05, 0) is 36.4 Å². The predicted octanol–water partition coefficient (Wildman–Crippen LogP) is 2.86. The largest absolute Gasteiger partial charge is 0.459 e. The van der Waals surface area contributed by atoms with Gasteiger partial charge in [-0.15, -0.1) is 0 Å². The highest BCUT2D eigenvalue weighted by Gasteiger charge is 2.29. The van der Waals surface area contributed by atoms with E-state index in [9.17, 15) is 14.0 Å². The zero-order chi connectivity index (χ0) is 18.4. The Morgan fingerprint density at radius 3 is 2.50 bits per heavy atom. The standard InChI is InChI=1S/C18H15ClFN3O3/c1-10(24)26-13-8-22(9-13)11-2-4-12(5-3-11)23-17-15(21-18(23)25)7-6-14(19)16(17)20/h2-7,13H,8-9H2,1H3,(H,21,25). The molecule has 0 spiro atoms. The van der Waals surface area contributed by atoms with Crippen LogP contribution in [0.1, 0.15) is 6.92 Å². The van der Waals surface area contributed by atoms with E-state index >= 15 is 0 Å². The molecule has 26 heavy (non-hydrogen) atoms. The third kappa shape index (κ3) is 2.74. The Kier molecular flexibility index (Phi) is 3.96. The summed E-state index contributed by atoms with van der Waals surface area (Å²) in [5.74, 6) is -0.928.